The predicted octanol–water partition coefficient (Wildman–Crippen LogP) is 2.67. The lowest BCUT2D eigenvalue weighted by Crippen LogP contribution is -2.16. The Morgan fingerprint density at radius 1 is 1.40 bits per heavy atom. The van der Waals surface area contributed by atoms with Crippen LogP contribution in [-0.4, -0.2) is 6.54 Å². The number of hydrogen-bond donors (Lipinski definition) is 1. The lowest BCUT2D eigenvalue weighted by atomic mass is 9.81. The lowest BCUT2D eigenvalue weighted by molar-refractivity contribution is 0.407. The van der Waals surface area contributed by atoms with Crippen molar-refractivity contribution in [1.29, 1.82) is 0 Å². The molecule has 1 nitrogen and oxygen atoms in total. The predicted molar refractivity (Wildman–Crippen MR) is 60.2 cm³/mol. The molecular weight excluding hydrogens is 189 g/mol. The van der Waals surface area contributed by atoms with E-state index in [-0.39, 0.29) is 5.82 Å². The summed E-state index contributed by atoms with van der Waals surface area (Å²) in [4.78, 5) is 0. The topological polar surface area (TPSA) is 26.0 Å². The van der Waals surface area contributed by atoms with Crippen LogP contribution < -0.4 is 5.73 Å². The van der Waals surface area contributed by atoms with Crippen molar-refractivity contribution in [2.75, 3.05) is 6.54 Å². The van der Waals surface area contributed by atoms with Gasteiger partial charge in [0.15, 0.2) is 0 Å². The van der Waals surface area contributed by atoms with E-state index in [1.165, 1.54) is 12.0 Å². The molecule has 0 saturated heterocycles. The first-order chi connectivity index (χ1) is 7.31. The van der Waals surface area contributed by atoms with Gasteiger partial charge in [-0.15, -0.1) is 0 Å². The van der Waals surface area contributed by atoms with Crippen molar-refractivity contribution >= 4 is 0 Å². The fourth-order valence-corrected chi connectivity index (χ4v) is 2.47. The third kappa shape index (κ3) is 2.37. The largest absolute Gasteiger partial charge is 0.330 e. The summed E-state index contributed by atoms with van der Waals surface area (Å²) in [6, 6.07) is 5.44. The highest BCUT2D eigenvalue weighted by molar-refractivity contribution is 5.31. The maximum Gasteiger partial charge on any atom is 0.126 e. The first-order valence-electron chi connectivity index (χ1n) is 5.77. The van der Waals surface area contributed by atoms with Crippen molar-refractivity contribution < 1.29 is 4.39 Å². The fourth-order valence-electron chi connectivity index (χ4n) is 2.47. The average molecular weight is 207 g/mol. The lowest BCUT2D eigenvalue weighted by Gasteiger charge is -2.24. The summed E-state index contributed by atoms with van der Waals surface area (Å²) in [5, 5.41) is 0. The minimum atomic E-state index is -0.0232. The van der Waals surface area contributed by atoms with Gasteiger partial charge in [-0.3, -0.25) is 0 Å². The molecule has 2 rings (SSSR count). The summed E-state index contributed by atoms with van der Waals surface area (Å²) in [5.74, 6) is 0.614. The highest BCUT2D eigenvalue weighted by Crippen LogP contribution is 2.29. The standard InChI is InChI=1S/C13H18FN/c14-13-5-1-4-11-7-6-10(3-2-8-15)9-12(11)13/h1,4-5,10H,2-3,6-9,15H2. The van der Waals surface area contributed by atoms with E-state index in [0.29, 0.717) is 5.92 Å². The molecule has 0 spiro atoms. The third-order valence-corrected chi connectivity index (χ3v) is 3.35. The molecule has 1 aliphatic carbocycles. The van der Waals surface area contributed by atoms with E-state index in [9.17, 15) is 4.39 Å². The van der Waals surface area contributed by atoms with Crippen molar-refractivity contribution in [1.82, 2.24) is 0 Å². The average Bonchev–Trinajstić information content (AvgIpc) is 2.27. The Morgan fingerprint density at radius 3 is 3.07 bits per heavy atom. The number of hydrogen-bond acceptors (Lipinski definition) is 1. The zero-order valence-electron chi connectivity index (χ0n) is 9.01. The van der Waals surface area contributed by atoms with E-state index < -0.39 is 0 Å². The molecule has 0 fully saturated rings. The molecular formula is C13H18FN. The van der Waals surface area contributed by atoms with Crippen LogP contribution in [0.2, 0.25) is 0 Å². The summed E-state index contributed by atoms with van der Waals surface area (Å²) in [6.45, 7) is 0.751. The highest BCUT2D eigenvalue weighted by Gasteiger charge is 2.20. The molecule has 1 aromatic rings. The SMILES string of the molecule is NCCCC1CCc2cccc(F)c2C1. The molecule has 0 heterocycles. The van der Waals surface area contributed by atoms with E-state index in [1.807, 2.05) is 6.07 Å². The van der Waals surface area contributed by atoms with Gasteiger partial charge >= 0.3 is 0 Å². The Balaban J connectivity index is 2.08. The Kier molecular flexibility index (Phi) is 3.37. The van der Waals surface area contributed by atoms with Crippen LogP contribution in [0.4, 0.5) is 4.39 Å². The molecule has 82 valence electrons. The molecule has 2 N–H and O–H groups in total. The molecule has 1 atom stereocenters. The molecule has 15 heavy (non-hydrogen) atoms. The quantitative estimate of drug-likeness (QED) is 0.810. The molecule has 1 aromatic carbocycles. The zero-order valence-corrected chi connectivity index (χ0v) is 9.01. The molecule has 0 aliphatic heterocycles. The van der Waals surface area contributed by atoms with Crippen LogP contribution in [0.5, 0.6) is 0 Å². The highest BCUT2D eigenvalue weighted by atomic mass is 19.1. The number of benzene rings is 1. The zero-order chi connectivity index (χ0) is 10.7. The van der Waals surface area contributed by atoms with E-state index in [2.05, 4.69) is 6.07 Å². The Hall–Kier alpha value is -0.890. The maximum atomic E-state index is 13.5. The van der Waals surface area contributed by atoms with Crippen molar-refractivity contribution in [3.8, 4) is 0 Å². The normalized spacial score (nSPS) is 20.0. The van der Waals surface area contributed by atoms with Gasteiger partial charge in [0.25, 0.3) is 0 Å². The molecule has 1 aliphatic rings. The van der Waals surface area contributed by atoms with Gasteiger partial charge < -0.3 is 5.73 Å². The first kappa shape index (κ1) is 10.6. The van der Waals surface area contributed by atoms with Gasteiger partial charge in [0, 0.05) is 0 Å². The third-order valence-electron chi connectivity index (χ3n) is 3.35. The summed E-state index contributed by atoms with van der Waals surface area (Å²) in [5.41, 5.74) is 7.65. The van der Waals surface area contributed by atoms with Crippen molar-refractivity contribution in [2.24, 2.45) is 11.7 Å². The van der Waals surface area contributed by atoms with Crippen molar-refractivity contribution in [2.45, 2.75) is 32.1 Å². The van der Waals surface area contributed by atoms with Gasteiger partial charge in [0.2, 0.25) is 0 Å². The van der Waals surface area contributed by atoms with Crippen LogP contribution in [0.1, 0.15) is 30.4 Å². The number of aryl methyl sites for hydroxylation is 1. The number of fused-ring (bicyclic) bond motifs is 1. The molecule has 0 bridgehead atoms. The monoisotopic (exact) mass is 207 g/mol. The van der Waals surface area contributed by atoms with Crippen LogP contribution in [0.3, 0.4) is 0 Å². The molecule has 1 unspecified atom stereocenters. The summed E-state index contributed by atoms with van der Waals surface area (Å²) < 4.78 is 13.5. The summed E-state index contributed by atoms with van der Waals surface area (Å²) in [6.07, 6.45) is 5.33. The van der Waals surface area contributed by atoms with Crippen LogP contribution in [0, 0.1) is 11.7 Å². The summed E-state index contributed by atoms with van der Waals surface area (Å²) >= 11 is 0. The van der Waals surface area contributed by atoms with Crippen LogP contribution in [-0.2, 0) is 12.8 Å². The van der Waals surface area contributed by atoms with Gasteiger partial charge in [0.05, 0.1) is 0 Å². The van der Waals surface area contributed by atoms with Gasteiger partial charge in [-0.05, 0) is 61.8 Å². The molecule has 2 heteroatoms. The van der Waals surface area contributed by atoms with E-state index >= 15 is 0 Å². The van der Waals surface area contributed by atoms with Gasteiger partial charge in [0.1, 0.15) is 5.82 Å². The van der Waals surface area contributed by atoms with Crippen LogP contribution >= 0.6 is 0 Å². The Bertz CT molecular complexity index is 335. The maximum absolute atomic E-state index is 13.5. The second kappa shape index (κ2) is 4.75. The second-order valence-electron chi connectivity index (χ2n) is 4.42. The van der Waals surface area contributed by atoms with E-state index in [4.69, 9.17) is 5.73 Å². The first-order valence-corrected chi connectivity index (χ1v) is 5.77. The number of nitrogens with two attached hydrogens (primary N) is 1. The molecule has 0 saturated carbocycles. The second-order valence-corrected chi connectivity index (χ2v) is 4.42. The van der Waals surface area contributed by atoms with E-state index in [1.54, 1.807) is 6.07 Å². The summed E-state index contributed by atoms with van der Waals surface area (Å²) in [7, 11) is 0. The number of halogens is 1. The van der Waals surface area contributed by atoms with Crippen molar-refractivity contribution in [3.63, 3.8) is 0 Å². The smallest absolute Gasteiger partial charge is 0.126 e. The Morgan fingerprint density at radius 2 is 2.27 bits per heavy atom. The fraction of sp³-hybridized carbons (Fsp3) is 0.538. The van der Waals surface area contributed by atoms with E-state index in [0.717, 1.165) is 37.8 Å². The van der Waals surface area contributed by atoms with Crippen LogP contribution in [0.25, 0.3) is 0 Å². The van der Waals surface area contributed by atoms with Gasteiger partial charge in [-0.1, -0.05) is 12.1 Å². The van der Waals surface area contributed by atoms with Crippen molar-refractivity contribution in [3.05, 3.63) is 35.1 Å². The Labute approximate surface area is 90.5 Å². The van der Waals surface area contributed by atoms with Gasteiger partial charge in [-0.2, -0.15) is 0 Å². The molecule has 0 amide bonds. The van der Waals surface area contributed by atoms with Gasteiger partial charge in [-0.25, -0.2) is 4.39 Å². The number of rotatable bonds is 3. The molecule has 0 radical (unpaired) electrons. The molecule has 0 aromatic heterocycles. The minimum Gasteiger partial charge on any atom is -0.330 e. The minimum absolute atomic E-state index is 0.0232. The van der Waals surface area contributed by atoms with Crippen LogP contribution in [0.15, 0.2) is 18.2 Å².